The third-order valence-electron chi connectivity index (χ3n) is 1.61. The van der Waals surface area contributed by atoms with Crippen LogP contribution in [0.25, 0.3) is 0 Å². The summed E-state index contributed by atoms with van der Waals surface area (Å²) < 4.78 is 10.1. The van der Waals surface area contributed by atoms with E-state index in [4.69, 9.17) is 25.1 Å². The molecule has 0 fully saturated rings. The van der Waals surface area contributed by atoms with E-state index in [1.807, 2.05) is 0 Å². The number of hydrogen-bond acceptors (Lipinski definition) is 5. The molecule has 0 aliphatic heterocycles. The monoisotopic (exact) mass is 210 g/mol. The molecule has 0 bridgehead atoms. The Morgan fingerprint density at radius 3 is 2.53 bits per heavy atom. The van der Waals surface area contributed by atoms with Crippen LogP contribution in [0, 0.1) is 22.7 Å². The number of methoxy groups -OCH3 is 1. The summed E-state index contributed by atoms with van der Waals surface area (Å²) in [6, 6.07) is 3.44. The van der Waals surface area contributed by atoms with Crippen LogP contribution in [0.15, 0.2) is 11.6 Å². The van der Waals surface area contributed by atoms with Crippen LogP contribution in [0.2, 0.25) is 0 Å². The summed E-state index contributed by atoms with van der Waals surface area (Å²) in [6.45, 7) is 0.540. The maximum atomic E-state index is 8.53. The zero-order chi connectivity index (χ0) is 11.5. The Kier molecular flexibility index (Phi) is 8.31. The van der Waals surface area contributed by atoms with E-state index in [1.165, 1.54) is 13.2 Å². The molecule has 0 aliphatic rings. The second kappa shape index (κ2) is 9.17. The highest BCUT2D eigenvalue weighted by atomic mass is 16.7. The van der Waals surface area contributed by atoms with Gasteiger partial charge in [-0.2, -0.15) is 10.5 Å². The summed E-state index contributed by atoms with van der Waals surface area (Å²) in [7, 11) is 1.43. The van der Waals surface area contributed by atoms with Gasteiger partial charge >= 0.3 is 0 Å². The van der Waals surface area contributed by atoms with Crippen molar-refractivity contribution in [2.75, 3.05) is 20.3 Å². The molecule has 0 aromatic rings. The van der Waals surface area contributed by atoms with Gasteiger partial charge in [-0.3, -0.25) is 0 Å². The van der Waals surface area contributed by atoms with Gasteiger partial charge in [-0.05, 0) is 18.9 Å². The van der Waals surface area contributed by atoms with Crippen molar-refractivity contribution in [3.05, 3.63) is 11.6 Å². The van der Waals surface area contributed by atoms with E-state index in [-0.39, 0.29) is 12.2 Å². The second-order valence-electron chi connectivity index (χ2n) is 2.71. The van der Waals surface area contributed by atoms with Gasteiger partial charge in [0.05, 0.1) is 6.61 Å². The SMILES string of the molecule is CO[C@H](C=C(C#N)C#N)OCCCCO. The van der Waals surface area contributed by atoms with Crippen molar-refractivity contribution in [2.24, 2.45) is 0 Å². The summed E-state index contributed by atoms with van der Waals surface area (Å²) in [4.78, 5) is 0. The zero-order valence-electron chi connectivity index (χ0n) is 8.64. The van der Waals surface area contributed by atoms with E-state index >= 15 is 0 Å². The molecule has 0 aliphatic carbocycles. The van der Waals surface area contributed by atoms with E-state index in [0.717, 1.165) is 0 Å². The minimum absolute atomic E-state index is 0.0380. The van der Waals surface area contributed by atoms with E-state index in [9.17, 15) is 0 Å². The van der Waals surface area contributed by atoms with Gasteiger partial charge in [-0.1, -0.05) is 0 Å². The quantitative estimate of drug-likeness (QED) is 0.380. The van der Waals surface area contributed by atoms with Gasteiger partial charge in [-0.25, -0.2) is 0 Å². The smallest absolute Gasteiger partial charge is 0.178 e. The van der Waals surface area contributed by atoms with Crippen molar-refractivity contribution in [2.45, 2.75) is 19.1 Å². The minimum atomic E-state index is -0.682. The largest absolute Gasteiger partial charge is 0.396 e. The Hall–Kier alpha value is -1.40. The van der Waals surface area contributed by atoms with E-state index in [0.29, 0.717) is 19.4 Å². The van der Waals surface area contributed by atoms with E-state index in [1.54, 1.807) is 12.1 Å². The molecular weight excluding hydrogens is 196 g/mol. The molecule has 0 aromatic heterocycles. The number of nitriles is 2. The molecule has 82 valence electrons. The highest BCUT2D eigenvalue weighted by Crippen LogP contribution is 2.02. The van der Waals surface area contributed by atoms with Crippen molar-refractivity contribution in [1.82, 2.24) is 0 Å². The van der Waals surface area contributed by atoms with Gasteiger partial charge in [-0.15, -0.1) is 0 Å². The molecular formula is C10H14N2O3. The topological polar surface area (TPSA) is 86.3 Å². The lowest BCUT2D eigenvalue weighted by Crippen LogP contribution is -2.14. The van der Waals surface area contributed by atoms with Crippen LogP contribution in [-0.2, 0) is 9.47 Å². The first-order chi connectivity index (χ1) is 7.28. The summed E-state index contributed by atoms with van der Waals surface area (Å²) in [6.07, 6.45) is 2.00. The normalized spacial score (nSPS) is 11.2. The summed E-state index contributed by atoms with van der Waals surface area (Å²) in [5.74, 6) is 0. The fourth-order valence-corrected chi connectivity index (χ4v) is 0.833. The lowest BCUT2D eigenvalue weighted by atomic mass is 10.3. The molecule has 0 saturated carbocycles. The highest BCUT2D eigenvalue weighted by molar-refractivity contribution is 5.35. The standard InChI is InChI=1S/C10H14N2O3/c1-14-10(6-9(7-11)8-12)15-5-3-2-4-13/h6,10,13H,2-5H2,1H3/t10-/m0/s1. The Bertz CT molecular complexity index is 259. The third kappa shape index (κ3) is 6.64. The van der Waals surface area contributed by atoms with Gasteiger partial charge in [0.2, 0.25) is 0 Å². The first kappa shape index (κ1) is 13.6. The van der Waals surface area contributed by atoms with Crippen molar-refractivity contribution < 1.29 is 14.6 Å². The molecule has 0 saturated heterocycles. The maximum Gasteiger partial charge on any atom is 0.178 e. The van der Waals surface area contributed by atoms with E-state index < -0.39 is 6.29 Å². The molecule has 0 amide bonds. The molecule has 5 nitrogen and oxygen atoms in total. The number of rotatable bonds is 7. The van der Waals surface area contributed by atoms with E-state index in [2.05, 4.69) is 0 Å². The minimum Gasteiger partial charge on any atom is -0.396 e. The number of aliphatic hydroxyl groups excluding tert-OH is 1. The molecule has 1 atom stereocenters. The number of hydrogen-bond donors (Lipinski definition) is 1. The average molecular weight is 210 g/mol. The van der Waals surface area contributed by atoms with Crippen molar-refractivity contribution >= 4 is 0 Å². The fourth-order valence-electron chi connectivity index (χ4n) is 0.833. The number of aliphatic hydroxyl groups is 1. The number of allylic oxidation sites excluding steroid dienone is 1. The Labute approximate surface area is 89.1 Å². The van der Waals surface area contributed by atoms with Gasteiger partial charge in [0, 0.05) is 13.7 Å². The first-order valence-corrected chi connectivity index (χ1v) is 4.55. The predicted octanol–water partition coefficient (Wildman–Crippen LogP) is 0.722. The number of unbranched alkanes of at least 4 members (excludes halogenated alkanes) is 1. The number of nitrogens with zero attached hydrogens (tertiary/aromatic N) is 2. The van der Waals surface area contributed by atoms with Gasteiger partial charge in [0.25, 0.3) is 0 Å². The molecule has 0 rings (SSSR count). The lowest BCUT2D eigenvalue weighted by molar-refractivity contribution is -0.0918. The average Bonchev–Trinajstić information content (AvgIpc) is 2.28. The Morgan fingerprint density at radius 2 is 2.07 bits per heavy atom. The predicted molar refractivity (Wildman–Crippen MR) is 52.4 cm³/mol. The number of ether oxygens (including phenoxy) is 2. The third-order valence-corrected chi connectivity index (χ3v) is 1.61. The highest BCUT2D eigenvalue weighted by Gasteiger charge is 2.05. The molecule has 0 spiro atoms. The summed E-state index contributed by atoms with van der Waals surface area (Å²) in [5, 5.41) is 25.5. The van der Waals surface area contributed by atoms with Crippen LogP contribution in [0.1, 0.15) is 12.8 Å². The second-order valence-corrected chi connectivity index (χ2v) is 2.71. The van der Waals surface area contributed by atoms with Gasteiger partial charge in [0.1, 0.15) is 17.7 Å². The molecule has 0 heterocycles. The van der Waals surface area contributed by atoms with Crippen LogP contribution in [0.4, 0.5) is 0 Å². The van der Waals surface area contributed by atoms with Crippen LogP contribution < -0.4 is 0 Å². The van der Waals surface area contributed by atoms with Crippen molar-refractivity contribution in [3.63, 3.8) is 0 Å². The van der Waals surface area contributed by atoms with Crippen LogP contribution in [0.5, 0.6) is 0 Å². The molecule has 5 heteroatoms. The van der Waals surface area contributed by atoms with Crippen LogP contribution >= 0.6 is 0 Å². The Balaban J connectivity index is 3.99. The lowest BCUT2D eigenvalue weighted by Gasteiger charge is -2.11. The molecule has 1 N–H and O–H groups in total. The molecule has 0 aromatic carbocycles. The van der Waals surface area contributed by atoms with Gasteiger partial charge in [0.15, 0.2) is 6.29 Å². The van der Waals surface area contributed by atoms with Crippen molar-refractivity contribution in [3.8, 4) is 12.1 Å². The molecule has 0 unspecified atom stereocenters. The summed E-state index contributed by atoms with van der Waals surface area (Å²) in [5.41, 5.74) is -0.0380. The molecule has 0 radical (unpaired) electrons. The van der Waals surface area contributed by atoms with Crippen LogP contribution in [-0.4, -0.2) is 31.7 Å². The zero-order valence-corrected chi connectivity index (χ0v) is 8.64. The molecule has 15 heavy (non-hydrogen) atoms. The van der Waals surface area contributed by atoms with Crippen LogP contribution in [0.3, 0.4) is 0 Å². The van der Waals surface area contributed by atoms with Crippen molar-refractivity contribution in [1.29, 1.82) is 10.5 Å². The maximum absolute atomic E-state index is 8.53. The Morgan fingerprint density at radius 1 is 1.40 bits per heavy atom. The fraction of sp³-hybridized carbons (Fsp3) is 0.600. The van der Waals surface area contributed by atoms with Gasteiger partial charge < -0.3 is 14.6 Å². The summed E-state index contributed by atoms with van der Waals surface area (Å²) >= 11 is 0. The first-order valence-electron chi connectivity index (χ1n) is 4.55.